The number of benzene rings is 1. The predicted molar refractivity (Wildman–Crippen MR) is 55.5 cm³/mol. The highest BCUT2D eigenvalue weighted by Gasteiger charge is 2.07. The van der Waals surface area contributed by atoms with Gasteiger partial charge in [-0.3, -0.25) is 4.79 Å². The monoisotopic (exact) mass is 206 g/mol. The van der Waals surface area contributed by atoms with Crippen molar-refractivity contribution in [3.05, 3.63) is 42.3 Å². The number of carbonyl (C=O) groups excluding carboxylic acids is 2. The summed E-state index contributed by atoms with van der Waals surface area (Å²) in [4.78, 5) is 22.4. The van der Waals surface area contributed by atoms with Gasteiger partial charge in [0, 0.05) is 12.1 Å². The predicted octanol–water partition coefficient (Wildman–Crippen LogP) is 1.04. The van der Waals surface area contributed by atoms with E-state index in [1.807, 2.05) is 0 Å². The fraction of sp³-hybridized carbons (Fsp3) is 0.182. The van der Waals surface area contributed by atoms with E-state index in [-0.39, 0.29) is 5.91 Å². The third-order valence-electron chi connectivity index (χ3n) is 1.85. The van der Waals surface area contributed by atoms with Crippen LogP contribution in [0.15, 0.2) is 24.3 Å². The van der Waals surface area contributed by atoms with Crippen LogP contribution < -0.4 is 5.32 Å². The third kappa shape index (κ3) is 2.80. The lowest BCUT2D eigenvalue weighted by Crippen LogP contribution is -2.22. The Morgan fingerprint density at radius 2 is 1.80 bits per heavy atom. The van der Waals surface area contributed by atoms with E-state index in [9.17, 15) is 9.59 Å². The first-order valence-corrected chi connectivity index (χ1v) is 4.45. The van der Waals surface area contributed by atoms with Crippen molar-refractivity contribution in [2.24, 2.45) is 0 Å². The van der Waals surface area contributed by atoms with Crippen molar-refractivity contribution >= 4 is 11.9 Å². The highest BCUT2D eigenvalue weighted by Crippen LogP contribution is 2.05. The molecule has 1 radical (unpaired) electrons. The highest BCUT2D eigenvalue weighted by molar-refractivity contribution is 5.96. The molecule has 1 rings (SSSR count). The number of hydrogen-bond acceptors (Lipinski definition) is 3. The molecule has 0 bridgehead atoms. The Bertz CT molecular complexity index is 357. The molecular formula is C11H12NO3. The number of ether oxygens (including phenoxy) is 1. The number of esters is 1. The van der Waals surface area contributed by atoms with Crippen LogP contribution in [0.3, 0.4) is 0 Å². The summed E-state index contributed by atoms with van der Waals surface area (Å²) in [5, 5.41) is 2.56. The van der Waals surface area contributed by atoms with Crippen molar-refractivity contribution in [1.29, 1.82) is 0 Å². The quantitative estimate of drug-likeness (QED) is 0.752. The minimum absolute atomic E-state index is 0.207. The van der Waals surface area contributed by atoms with Crippen LogP contribution in [0.5, 0.6) is 0 Å². The van der Waals surface area contributed by atoms with Crippen molar-refractivity contribution in [3.63, 3.8) is 0 Å². The van der Waals surface area contributed by atoms with E-state index in [4.69, 9.17) is 0 Å². The van der Waals surface area contributed by atoms with E-state index in [0.29, 0.717) is 17.7 Å². The zero-order valence-electron chi connectivity index (χ0n) is 8.45. The fourth-order valence-electron chi connectivity index (χ4n) is 1.09. The molecule has 0 aliphatic heterocycles. The van der Waals surface area contributed by atoms with Crippen LogP contribution in [0.1, 0.15) is 20.7 Å². The summed E-state index contributed by atoms with van der Waals surface area (Å²) in [6.45, 7) is 3.84. The molecular weight excluding hydrogens is 194 g/mol. The Morgan fingerprint density at radius 1 is 1.27 bits per heavy atom. The smallest absolute Gasteiger partial charge is 0.337 e. The molecule has 1 aromatic carbocycles. The minimum Gasteiger partial charge on any atom is -0.465 e. The van der Waals surface area contributed by atoms with Gasteiger partial charge in [0.25, 0.3) is 5.91 Å². The molecule has 1 amide bonds. The van der Waals surface area contributed by atoms with Crippen molar-refractivity contribution in [1.82, 2.24) is 5.32 Å². The van der Waals surface area contributed by atoms with E-state index in [0.717, 1.165) is 0 Å². The molecule has 1 N–H and O–H groups in total. The van der Waals surface area contributed by atoms with E-state index in [1.54, 1.807) is 24.3 Å². The molecule has 1 aromatic rings. The first kappa shape index (κ1) is 11.2. The van der Waals surface area contributed by atoms with Crippen LogP contribution in [0.2, 0.25) is 0 Å². The zero-order valence-corrected chi connectivity index (χ0v) is 8.45. The van der Waals surface area contributed by atoms with Gasteiger partial charge in [-0.25, -0.2) is 4.79 Å². The molecule has 0 unspecified atom stereocenters. The highest BCUT2D eigenvalue weighted by atomic mass is 16.5. The van der Waals surface area contributed by atoms with Gasteiger partial charge in [0.15, 0.2) is 0 Å². The van der Waals surface area contributed by atoms with Crippen LogP contribution in [0.4, 0.5) is 0 Å². The van der Waals surface area contributed by atoms with Gasteiger partial charge in [0.1, 0.15) is 0 Å². The van der Waals surface area contributed by atoms with Crippen LogP contribution in [0.25, 0.3) is 0 Å². The van der Waals surface area contributed by atoms with Gasteiger partial charge in [-0.05, 0) is 31.2 Å². The first-order chi connectivity index (χ1) is 7.19. The van der Waals surface area contributed by atoms with Gasteiger partial charge in [-0.15, -0.1) is 0 Å². The van der Waals surface area contributed by atoms with Gasteiger partial charge in [-0.1, -0.05) is 0 Å². The first-order valence-electron chi connectivity index (χ1n) is 4.45. The molecule has 0 heterocycles. The molecule has 0 aliphatic carbocycles. The number of nitrogens with one attached hydrogen (secondary N) is 1. The second kappa shape index (κ2) is 5.14. The Balaban J connectivity index is 2.80. The zero-order chi connectivity index (χ0) is 11.3. The molecule has 0 aromatic heterocycles. The molecule has 0 atom stereocenters. The molecule has 0 saturated heterocycles. The van der Waals surface area contributed by atoms with Crippen molar-refractivity contribution in [2.75, 3.05) is 13.7 Å². The van der Waals surface area contributed by atoms with Gasteiger partial charge >= 0.3 is 5.97 Å². The van der Waals surface area contributed by atoms with Crippen molar-refractivity contribution < 1.29 is 14.3 Å². The average molecular weight is 206 g/mol. The Hall–Kier alpha value is -1.84. The SMILES string of the molecule is [CH2]CNC(=O)c1ccc(C(=O)OC)cc1. The molecule has 0 fully saturated rings. The topological polar surface area (TPSA) is 55.4 Å². The van der Waals surface area contributed by atoms with Gasteiger partial charge < -0.3 is 10.1 Å². The number of methoxy groups -OCH3 is 1. The van der Waals surface area contributed by atoms with Crippen molar-refractivity contribution in [3.8, 4) is 0 Å². The number of amides is 1. The molecule has 15 heavy (non-hydrogen) atoms. The number of hydrogen-bond donors (Lipinski definition) is 1. The minimum atomic E-state index is -0.417. The maximum absolute atomic E-state index is 11.3. The van der Waals surface area contributed by atoms with Gasteiger partial charge in [0.2, 0.25) is 0 Å². The summed E-state index contributed by atoms with van der Waals surface area (Å²) in [5.41, 5.74) is 0.912. The molecule has 4 nitrogen and oxygen atoms in total. The van der Waals surface area contributed by atoms with E-state index in [2.05, 4.69) is 17.0 Å². The van der Waals surface area contributed by atoms with Crippen LogP contribution in [-0.2, 0) is 4.74 Å². The summed E-state index contributed by atoms with van der Waals surface area (Å²) in [5.74, 6) is -0.625. The molecule has 0 spiro atoms. The molecule has 0 saturated carbocycles. The lowest BCUT2D eigenvalue weighted by atomic mass is 10.1. The lowest BCUT2D eigenvalue weighted by molar-refractivity contribution is 0.0600. The molecule has 79 valence electrons. The normalized spacial score (nSPS) is 9.47. The summed E-state index contributed by atoms with van der Waals surface area (Å²) >= 11 is 0. The molecule has 0 aliphatic rings. The summed E-state index contributed by atoms with van der Waals surface area (Å²) < 4.78 is 4.53. The Morgan fingerprint density at radius 3 is 2.27 bits per heavy atom. The lowest BCUT2D eigenvalue weighted by Gasteiger charge is -2.03. The largest absolute Gasteiger partial charge is 0.465 e. The maximum Gasteiger partial charge on any atom is 0.337 e. The average Bonchev–Trinajstić information content (AvgIpc) is 2.28. The summed E-state index contributed by atoms with van der Waals surface area (Å²) in [6, 6.07) is 6.22. The fourth-order valence-corrected chi connectivity index (χ4v) is 1.09. The van der Waals surface area contributed by atoms with E-state index >= 15 is 0 Å². The van der Waals surface area contributed by atoms with E-state index in [1.165, 1.54) is 7.11 Å². The number of rotatable bonds is 3. The second-order valence-electron chi connectivity index (χ2n) is 2.82. The summed E-state index contributed by atoms with van der Waals surface area (Å²) in [7, 11) is 1.31. The Labute approximate surface area is 88.2 Å². The van der Waals surface area contributed by atoms with Crippen LogP contribution in [0, 0.1) is 6.92 Å². The van der Waals surface area contributed by atoms with E-state index < -0.39 is 5.97 Å². The number of carbonyl (C=O) groups is 2. The van der Waals surface area contributed by atoms with Crippen LogP contribution >= 0.6 is 0 Å². The third-order valence-corrected chi connectivity index (χ3v) is 1.85. The standard InChI is InChI=1S/C11H12NO3/c1-3-12-10(13)8-4-6-9(7-5-8)11(14)15-2/h4-7H,1,3H2,2H3,(H,12,13). The van der Waals surface area contributed by atoms with Crippen LogP contribution in [-0.4, -0.2) is 25.5 Å². The maximum atomic E-state index is 11.3. The van der Waals surface area contributed by atoms with Gasteiger partial charge in [-0.2, -0.15) is 0 Å². The van der Waals surface area contributed by atoms with Crippen molar-refractivity contribution in [2.45, 2.75) is 0 Å². The molecule has 4 heteroatoms. The Kier molecular flexibility index (Phi) is 3.85. The summed E-state index contributed by atoms with van der Waals surface area (Å²) in [6.07, 6.45) is 0. The second-order valence-corrected chi connectivity index (χ2v) is 2.82. The van der Waals surface area contributed by atoms with Gasteiger partial charge in [0.05, 0.1) is 12.7 Å².